The van der Waals surface area contributed by atoms with E-state index in [0.717, 1.165) is 6.54 Å². The molecule has 2 aliphatic rings. The van der Waals surface area contributed by atoms with Gasteiger partial charge in [0.15, 0.2) is 0 Å². The van der Waals surface area contributed by atoms with E-state index in [2.05, 4.69) is 24.4 Å². The number of amides is 1. The summed E-state index contributed by atoms with van der Waals surface area (Å²) in [7, 11) is 0. The van der Waals surface area contributed by atoms with Gasteiger partial charge in [-0.3, -0.25) is 4.79 Å². The monoisotopic (exact) mass is 288 g/mol. The van der Waals surface area contributed by atoms with E-state index >= 15 is 0 Å². The van der Waals surface area contributed by atoms with Gasteiger partial charge in [0, 0.05) is 19.1 Å². The molecule has 2 unspecified atom stereocenters. The van der Waals surface area contributed by atoms with Crippen LogP contribution in [0.2, 0.25) is 0 Å². The Morgan fingerprint density at radius 2 is 2.14 bits per heavy atom. The molecule has 2 fully saturated rings. The number of ether oxygens (including phenoxy) is 1. The van der Waals surface area contributed by atoms with Crippen LogP contribution in [0, 0.1) is 5.92 Å². The highest BCUT2D eigenvalue weighted by molar-refractivity contribution is 5.82. The van der Waals surface area contributed by atoms with Gasteiger partial charge in [-0.1, -0.05) is 30.3 Å². The lowest BCUT2D eigenvalue weighted by Crippen LogP contribution is -2.54. The summed E-state index contributed by atoms with van der Waals surface area (Å²) in [5.74, 6) is 0.847. The van der Waals surface area contributed by atoms with E-state index in [9.17, 15) is 4.79 Å². The molecule has 1 heterocycles. The molecule has 21 heavy (non-hydrogen) atoms. The highest BCUT2D eigenvalue weighted by atomic mass is 16.5. The lowest BCUT2D eigenvalue weighted by Gasteiger charge is -2.34. The molecule has 2 atom stereocenters. The fraction of sp³-hybridized carbons (Fsp3) is 0.588. The van der Waals surface area contributed by atoms with Gasteiger partial charge in [0.25, 0.3) is 0 Å². The first-order chi connectivity index (χ1) is 10.3. The SMILES string of the molecule is CC(C1CC1)N(Cc1ccccc1)C(=O)C1COCCN1. The zero-order valence-electron chi connectivity index (χ0n) is 12.6. The summed E-state index contributed by atoms with van der Waals surface area (Å²) in [6, 6.07) is 10.4. The first-order valence-electron chi connectivity index (χ1n) is 7.91. The second kappa shape index (κ2) is 6.58. The second-order valence-corrected chi connectivity index (χ2v) is 6.11. The Hall–Kier alpha value is -1.39. The molecule has 0 aromatic heterocycles. The summed E-state index contributed by atoms with van der Waals surface area (Å²) in [6.45, 7) is 4.81. The van der Waals surface area contributed by atoms with Crippen molar-refractivity contribution in [1.82, 2.24) is 10.2 Å². The Labute approximate surface area is 126 Å². The number of morpholine rings is 1. The van der Waals surface area contributed by atoms with Crippen molar-refractivity contribution in [3.63, 3.8) is 0 Å². The van der Waals surface area contributed by atoms with Crippen molar-refractivity contribution in [3.05, 3.63) is 35.9 Å². The topological polar surface area (TPSA) is 41.6 Å². The molecular weight excluding hydrogens is 264 g/mol. The van der Waals surface area contributed by atoms with Crippen LogP contribution in [0.15, 0.2) is 30.3 Å². The highest BCUT2D eigenvalue weighted by Gasteiger charge is 2.37. The van der Waals surface area contributed by atoms with Crippen molar-refractivity contribution in [1.29, 1.82) is 0 Å². The van der Waals surface area contributed by atoms with E-state index in [1.165, 1.54) is 18.4 Å². The van der Waals surface area contributed by atoms with Crippen LogP contribution >= 0.6 is 0 Å². The molecule has 0 bridgehead atoms. The lowest BCUT2D eigenvalue weighted by atomic mass is 10.1. The van der Waals surface area contributed by atoms with Crippen LogP contribution in [0.1, 0.15) is 25.3 Å². The van der Waals surface area contributed by atoms with Crippen molar-refractivity contribution in [3.8, 4) is 0 Å². The number of rotatable bonds is 5. The highest BCUT2D eigenvalue weighted by Crippen LogP contribution is 2.36. The maximum Gasteiger partial charge on any atom is 0.242 e. The summed E-state index contributed by atoms with van der Waals surface area (Å²) in [5, 5.41) is 3.28. The van der Waals surface area contributed by atoms with E-state index in [1.54, 1.807) is 0 Å². The quantitative estimate of drug-likeness (QED) is 0.898. The molecule has 1 aliphatic carbocycles. The Bertz CT molecular complexity index is 467. The first kappa shape index (κ1) is 14.5. The number of carbonyl (C=O) groups excluding carboxylic acids is 1. The van der Waals surface area contributed by atoms with Crippen LogP contribution in [0.25, 0.3) is 0 Å². The molecule has 0 spiro atoms. The smallest absolute Gasteiger partial charge is 0.242 e. The largest absolute Gasteiger partial charge is 0.378 e. The Balaban J connectivity index is 1.73. The van der Waals surface area contributed by atoms with Crippen LogP contribution < -0.4 is 5.32 Å². The second-order valence-electron chi connectivity index (χ2n) is 6.11. The van der Waals surface area contributed by atoms with Gasteiger partial charge in [-0.05, 0) is 31.2 Å². The molecule has 1 aromatic carbocycles. The van der Waals surface area contributed by atoms with Gasteiger partial charge in [0.2, 0.25) is 5.91 Å². The summed E-state index contributed by atoms with van der Waals surface area (Å²) in [5.41, 5.74) is 1.19. The summed E-state index contributed by atoms with van der Waals surface area (Å²) in [6.07, 6.45) is 2.49. The molecule has 4 heteroatoms. The Morgan fingerprint density at radius 3 is 2.76 bits per heavy atom. The molecule has 1 aromatic rings. The van der Waals surface area contributed by atoms with Crippen LogP contribution in [0.5, 0.6) is 0 Å². The molecule has 1 amide bonds. The van der Waals surface area contributed by atoms with Crippen molar-refractivity contribution < 1.29 is 9.53 Å². The van der Waals surface area contributed by atoms with E-state index in [1.807, 2.05) is 23.1 Å². The predicted molar refractivity (Wildman–Crippen MR) is 81.8 cm³/mol. The predicted octanol–water partition coefficient (Wildman–Crippen LogP) is 1.80. The van der Waals surface area contributed by atoms with Crippen LogP contribution in [-0.4, -0.2) is 42.6 Å². The number of hydrogen-bond donors (Lipinski definition) is 1. The van der Waals surface area contributed by atoms with E-state index in [4.69, 9.17) is 4.74 Å². The van der Waals surface area contributed by atoms with Gasteiger partial charge >= 0.3 is 0 Å². The van der Waals surface area contributed by atoms with Gasteiger partial charge in [-0.15, -0.1) is 0 Å². The van der Waals surface area contributed by atoms with Gasteiger partial charge in [-0.2, -0.15) is 0 Å². The number of nitrogens with zero attached hydrogens (tertiary/aromatic N) is 1. The molecule has 1 saturated heterocycles. The summed E-state index contributed by atoms with van der Waals surface area (Å²) in [4.78, 5) is 14.9. The molecular formula is C17H24N2O2. The van der Waals surface area contributed by atoms with E-state index in [0.29, 0.717) is 31.7 Å². The average Bonchev–Trinajstić information content (AvgIpc) is 3.38. The molecule has 0 radical (unpaired) electrons. The third-order valence-electron chi connectivity index (χ3n) is 4.49. The number of nitrogens with one attached hydrogen (secondary N) is 1. The fourth-order valence-electron chi connectivity index (χ4n) is 2.96. The molecule has 4 nitrogen and oxygen atoms in total. The van der Waals surface area contributed by atoms with Crippen LogP contribution in [-0.2, 0) is 16.1 Å². The standard InChI is InChI=1S/C17H24N2O2/c1-13(15-7-8-15)19(11-14-5-3-2-4-6-14)17(20)16-12-21-10-9-18-16/h2-6,13,15-16,18H,7-12H2,1H3. The van der Waals surface area contributed by atoms with E-state index in [-0.39, 0.29) is 11.9 Å². The Morgan fingerprint density at radius 1 is 1.38 bits per heavy atom. The first-order valence-corrected chi connectivity index (χ1v) is 7.91. The Kier molecular flexibility index (Phi) is 4.56. The maximum absolute atomic E-state index is 12.9. The normalized spacial score (nSPS) is 23.6. The lowest BCUT2D eigenvalue weighted by molar-refractivity contribution is -0.139. The third kappa shape index (κ3) is 3.63. The maximum atomic E-state index is 12.9. The summed E-state index contributed by atoms with van der Waals surface area (Å²) >= 11 is 0. The molecule has 1 aliphatic heterocycles. The van der Waals surface area contributed by atoms with Crippen molar-refractivity contribution >= 4 is 5.91 Å². The van der Waals surface area contributed by atoms with Crippen molar-refractivity contribution in [2.75, 3.05) is 19.8 Å². The molecule has 114 valence electrons. The van der Waals surface area contributed by atoms with Crippen molar-refractivity contribution in [2.45, 2.75) is 38.4 Å². The third-order valence-corrected chi connectivity index (χ3v) is 4.49. The van der Waals surface area contributed by atoms with Crippen LogP contribution in [0.3, 0.4) is 0 Å². The van der Waals surface area contributed by atoms with Gasteiger partial charge in [-0.25, -0.2) is 0 Å². The summed E-state index contributed by atoms with van der Waals surface area (Å²) < 4.78 is 5.45. The van der Waals surface area contributed by atoms with Crippen LogP contribution in [0.4, 0.5) is 0 Å². The average molecular weight is 288 g/mol. The zero-order chi connectivity index (χ0) is 14.7. The number of carbonyl (C=O) groups is 1. The fourth-order valence-corrected chi connectivity index (χ4v) is 2.96. The number of benzene rings is 1. The molecule has 1 N–H and O–H groups in total. The zero-order valence-corrected chi connectivity index (χ0v) is 12.6. The molecule has 1 saturated carbocycles. The van der Waals surface area contributed by atoms with Gasteiger partial charge < -0.3 is 15.0 Å². The van der Waals surface area contributed by atoms with E-state index < -0.39 is 0 Å². The minimum absolute atomic E-state index is 0.179. The molecule has 3 rings (SSSR count). The van der Waals surface area contributed by atoms with Gasteiger partial charge in [0.1, 0.15) is 6.04 Å². The van der Waals surface area contributed by atoms with Crippen molar-refractivity contribution in [2.24, 2.45) is 5.92 Å². The minimum Gasteiger partial charge on any atom is -0.378 e. The minimum atomic E-state index is -0.191. The van der Waals surface area contributed by atoms with Gasteiger partial charge in [0.05, 0.1) is 13.2 Å². The number of hydrogen-bond acceptors (Lipinski definition) is 3.